The summed E-state index contributed by atoms with van der Waals surface area (Å²) in [5.74, 6) is -0.986. The zero-order chi connectivity index (χ0) is 25.4. The highest BCUT2D eigenvalue weighted by atomic mass is 19.1. The second-order valence-corrected chi connectivity index (χ2v) is 8.86. The SMILES string of the molecule is CN(C)Cc1ccc(C=Nc2cc(F)cc3c2COC3=O)cc1.CN(C)Cc1ccc(C=O)cc1. The molecule has 0 N–H and O–H groups in total. The first-order chi connectivity index (χ1) is 16.7. The van der Waals surface area contributed by atoms with E-state index in [4.69, 9.17) is 4.74 Å². The summed E-state index contributed by atoms with van der Waals surface area (Å²) in [5, 5.41) is 0. The van der Waals surface area contributed by atoms with Crippen LogP contribution in [-0.4, -0.2) is 56.5 Å². The molecule has 182 valence electrons. The van der Waals surface area contributed by atoms with E-state index in [1.165, 1.54) is 23.3 Å². The lowest BCUT2D eigenvalue weighted by molar-refractivity contribution is 0.0535. The van der Waals surface area contributed by atoms with Gasteiger partial charge in [-0.15, -0.1) is 0 Å². The molecule has 35 heavy (non-hydrogen) atoms. The van der Waals surface area contributed by atoms with Crippen molar-refractivity contribution in [2.75, 3.05) is 28.2 Å². The second kappa shape index (κ2) is 12.1. The Morgan fingerprint density at radius 3 is 1.94 bits per heavy atom. The maximum Gasteiger partial charge on any atom is 0.339 e. The molecule has 0 unspecified atom stereocenters. The first kappa shape index (κ1) is 25.9. The van der Waals surface area contributed by atoms with Crippen molar-refractivity contribution in [1.82, 2.24) is 9.80 Å². The normalized spacial score (nSPS) is 12.5. The Balaban J connectivity index is 0.000000241. The van der Waals surface area contributed by atoms with E-state index in [0.717, 1.165) is 30.5 Å². The van der Waals surface area contributed by atoms with Gasteiger partial charge >= 0.3 is 5.97 Å². The van der Waals surface area contributed by atoms with Crippen molar-refractivity contribution in [3.8, 4) is 0 Å². The van der Waals surface area contributed by atoms with Crippen LogP contribution in [-0.2, 0) is 24.4 Å². The molecule has 0 aliphatic carbocycles. The van der Waals surface area contributed by atoms with Crippen molar-refractivity contribution >= 4 is 24.2 Å². The average molecular weight is 476 g/mol. The predicted octanol–water partition coefficient (Wildman–Crippen LogP) is 4.87. The minimum absolute atomic E-state index is 0.142. The molecule has 1 aliphatic heterocycles. The molecule has 0 bridgehead atoms. The Hall–Kier alpha value is -3.68. The molecule has 0 saturated carbocycles. The summed E-state index contributed by atoms with van der Waals surface area (Å²) in [6.07, 6.45) is 2.52. The summed E-state index contributed by atoms with van der Waals surface area (Å²) in [4.78, 5) is 30.4. The molecule has 3 aromatic rings. The van der Waals surface area contributed by atoms with Crippen molar-refractivity contribution < 1.29 is 18.7 Å². The first-order valence-corrected chi connectivity index (χ1v) is 11.2. The monoisotopic (exact) mass is 475 g/mol. The van der Waals surface area contributed by atoms with Crippen molar-refractivity contribution in [1.29, 1.82) is 0 Å². The summed E-state index contributed by atoms with van der Waals surface area (Å²) in [7, 11) is 8.08. The summed E-state index contributed by atoms with van der Waals surface area (Å²) in [6, 6.07) is 18.1. The number of ether oxygens (including phenoxy) is 1. The number of halogens is 1. The van der Waals surface area contributed by atoms with Crippen molar-refractivity contribution in [3.63, 3.8) is 0 Å². The molecule has 1 aliphatic rings. The molecule has 6 nitrogen and oxygen atoms in total. The molecule has 7 heteroatoms. The van der Waals surface area contributed by atoms with Gasteiger partial charge in [0.25, 0.3) is 0 Å². The van der Waals surface area contributed by atoms with Gasteiger partial charge in [-0.25, -0.2) is 9.18 Å². The van der Waals surface area contributed by atoms with Crippen LogP contribution in [0, 0.1) is 5.82 Å². The third-order valence-electron chi connectivity index (χ3n) is 5.20. The summed E-state index contributed by atoms with van der Waals surface area (Å²) in [5.41, 5.74) is 5.41. The molecule has 0 radical (unpaired) electrons. The van der Waals surface area contributed by atoms with Crippen molar-refractivity contribution in [3.05, 3.63) is 99.9 Å². The van der Waals surface area contributed by atoms with E-state index in [0.29, 0.717) is 11.3 Å². The number of hydrogen-bond acceptors (Lipinski definition) is 6. The number of rotatable bonds is 7. The lowest BCUT2D eigenvalue weighted by Crippen LogP contribution is -2.10. The standard InChI is InChI=1S/C18H17FN2O2.C10H13NO/c1-21(2)10-13-5-3-12(4-6-13)9-20-17-8-14(19)7-15-16(17)11-23-18(15)22;1-11(2)7-9-3-5-10(8-12)6-4-9/h3-9H,10-11H2,1-2H3;3-6,8H,7H2,1-2H3. The van der Waals surface area contributed by atoms with Crippen molar-refractivity contribution in [2.45, 2.75) is 19.7 Å². The summed E-state index contributed by atoms with van der Waals surface area (Å²) in [6.45, 7) is 1.93. The van der Waals surface area contributed by atoms with Crippen LogP contribution >= 0.6 is 0 Å². The summed E-state index contributed by atoms with van der Waals surface area (Å²) >= 11 is 0. The Labute approximate surface area is 205 Å². The maximum atomic E-state index is 13.6. The van der Waals surface area contributed by atoms with Gasteiger partial charge in [-0.3, -0.25) is 9.79 Å². The number of fused-ring (bicyclic) bond motifs is 1. The third-order valence-corrected chi connectivity index (χ3v) is 5.20. The summed E-state index contributed by atoms with van der Waals surface area (Å²) < 4.78 is 18.5. The van der Waals surface area contributed by atoms with Gasteiger partial charge in [-0.05, 0) is 57.0 Å². The number of carbonyl (C=O) groups excluding carboxylic acids is 2. The molecular formula is C28H30FN3O3. The Kier molecular flexibility index (Phi) is 9.00. The van der Waals surface area contributed by atoms with Crippen LogP contribution in [0.3, 0.4) is 0 Å². The van der Waals surface area contributed by atoms with E-state index in [1.807, 2.05) is 76.7 Å². The molecule has 1 heterocycles. The van der Waals surface area contributed by atoms with Crippen LogP contribution in [0.2, 0.25) is 0 Å². The highest BCUT2D eigenvalue weighted by Gasteiger charge is 2.24. The number of carbonyl (C=O) groups is 2. The average Bonchev–Trinajstić information content (AvgIpc) is 3.19. The number of esters is 1. The molecule has 3 aromatic carbocycles. The van der Waals surface area contributed by atoms with Crippen LogP contribution in [0.25, 0.3) is 0 Å². The van der Waals surface area contributed by atoms with Gasteiger partial charge in [0.15, 0.2) is 0 Å². The fourth-order valence-corrected chi connectivity index (χ4v) is 3.57. The van der Waals surface area contributed by atoms with Crippen molar-refractivity contribution in [2.24, 2.45) is 4.99 Å². The maximum absolute atomic E-state index is 13.6. The van der Waals surface area contributed by atoms with Gasteiger partial charge in [0, 0.05) is 30.4 Å². The fourth-order valence-electron chi connectivity index (χ4n) is 3.57. The molecule has 0 aromatic heterocycles. The number of nitrogens with zero attached hydrogens (tertiary/aromatic N) is 3. The third kappa shape index (κ3) is 7.67. The zero-order valence-corrected chi connectivity index (χ0v) is 20.5. The van der Waals surface area contributed by atoms with Gasteiger partial charge in [0.2, 0.25) is 0 Å². The van der Waals surface area contributed by atoms with Gasteiger partial charge < -0.3 is 14.5 Å². The zero-order valence-electron chi connectivity index (χ0n) is 20.5. The van der Waals surface area contributed by atoms with E-state index in [1.54, 1.807) is 6.21 Å². The molecule has 4 rings (SSSR count). The number of aliphatic imine (C=N–C) groups is 1. The molecule has 0 amide bonds. The topological polar surface area (TPSA) is 62.2 Å². The van der Waals surface area contributed by atoms with Crippen LogP contribution < -0.4 is 0 Å². The lowest BCUT2D eigenvalue weighted by atomic mass is 10.1. The molecular weight excluding hydrogens is 445 g/mol. The lowest BCUT2D eigenvalue weighted by Gasteiger charge is -2.09. The second-order valence-electron chi connectivity index (χ2n) is 8.86. The number of hydrogen-bond donors (Lipinski definition) is 0. The van der Waals surface area contributed by atoms with E-state index in [9.17, 15) is 14.0 Å². The number of cyclic esters (lactones) is 1. The first-order valence-electron chi connectivity index (χ1n) is 11.2. The number of aldehydes is 1. The van der Waals surface area contributed by atoms with Gasteiger partial charge in [0.1, 0.15) is 18.7 Å². The van der Waals surface area contributed by atoms with E-state index >= 15 is 0 Å². The van der Waals surface area contributed by atoms with E-state index < -0.39 is 11.8 Å². The molecule has 0 fully saturated rings. The van der Waals surface area contributed by atoms with Crippen LogP contribution in [0.4, 0.5) is 10.1 Å². The largest absolute Gasteiger partial charge is 0.457 e. The molecule has 0 saturated heterocycles. The van der Waals surface area contributed by atoms with Gasteiger partial charge in [0.05, 0.1) is 11.3 Å². The fraction of sp³-hybridized carbons (Fsp3) is 0.250. The number of benzene rings is 3. The minimum atomic E-state index is -0.496. The van der Waals surface area contributed by atoms with Crippen LogP contribution in [0.1, 0.15) is 43.0 Å². The smallest absolute Gasteiger partial charge is 0.339 e. The van der Waals surface area contributed by atoms with Crippen LogP contribution in [0.5, 0.6) is 0 Å². The Morgan fingerprint density at radius 1 is 0.886 bits per heavy atom. The highest BCUT2D eigenvalue weighted by Crippen LogP contribution is 2.30. The highest BCUT2D eigenvalue weighted by molar-refractivity contribution is 5.95. The quantitative estimate of drug-likeness (QED) is 0.277. The molecule has 0 spiro atoms. The predicted molar refractivity (Wildman–Crippen MR) is 136 cm³/mol. The van der Waals surface area contributed by atoms with E-state index in [2.05, 4.69) is 14.8 Å². The van der Waals surface area contributed by atoms with Crippen LogP contribution in [0.15, 0.2) is 65.7 Å². The Morgan fingerprint density at radius 2 is 1.43 bits per heavy atom. The minimum Gasteiger partial charge on any atom is -0.457 e. The van der Waals surface area contributed by atoms with Gasteiger partial charge in [-0.1, -0.05) is 48.5 Å². The van der Waals surface area contributed by atoms with E-state index in [-0.39, 0.29) is 12.2 Å². The van der Waals surface area contributed by atoms with Gasteiger partial charge in [-0.2, -0.15) is 0 Å². The molecule has 0 atom stereocenters. The Bertz CT molecular complexity index is 1190.